The van der Waals surface area contributed by atoms with Crippen molar-refractivity contribution in [1.29, 1.82) is 0 Å². The van der Waals surface area contributed by atoms with Crippen molar-refractivity contribution in [3.63, 3.8) is 0 Å². The van der Waals surface area contributed by atoms with E-state index in [1.165, 1.54) is 14.2 Å². The van der Waals surface area contributed by atoms with Gasteiger partial charge in [-0.2, -0.15) is 0 Å². The van der Waals surface area contributed by atoms with Crippen molar-refractivity contribution in [2.24, 2.45) is 4.99 Å². The van der Waals surface area contributed by atoms with E-state index in [-0.39, 0.29) is 5.88 Å². The third-order valence-corrected chi connectivity index (χ3v) is 1.47. The summed E-state index contributed by atoms with van der Waals surface area (Å²) in [6.45, 7) is 1.71. The van der Waals surface area contributed by atoms with Gasteiger partial charge < -0.3 is 14.8 Å². The number of hydrogen-bond donors (Lipinski definition) is 1. The van der Waals surface area contributed by atoms with Crippen molar-refractivity contribution in [3.05, 3.63) is 11.7 Å². The van der Waals surface area contributed by atoms with Crippen LogP contribution in [0.15, 0.2) is 16.7 Å². The predicted molar refractivity (Wildman–Crippen MR) is 42.2 cm³/mol. The Labute approximate surface area is 70.1 Å². The van der Waals surface area contributed by atoms with Crippen molar-refractivity contribution in [2.75, 3.05) is 14.2 Å². The topological polar surface area (TPSA) is 42.9 Å². The molecule has 68 valence electrons. The molecule has 0 radical (unpaired) electrons. The fraction of sp³-hybridized carbons (Fsp3) is 0.571. The van der Waals surface area contributed by atoms with Crippen LogP contribution in [0.25, 0.3) is 0 Å². The minimum absolute atomic E-state index is 0.0642. The van der Waals surface area contributed by atoms with Crippen LogP contribution < -0.4 is 5.32 Å². The maximum atomic E-state index is 13.1. The Morgan fingerprint density at radius 3 is 2.67 bits per heavy atom. The quantitative estimate of drug-likeness (QED) is 0.672. The van der Waals surface area contributed by atoms with Crippen molar-refractivity contribution in [1.82, 2.24) is 5.32 Å². The summed E-state index contributed by atoms with van der Waals surface area (Å²) >= 11 is 0. The first-order chi connectivity index (χ1) is 5.69. The first-order valence-electron chi connectivity index (χ1n) is 3.47. The van der Waals surface area contributed by atoms with E-state index in [4.69, 9.17) is 9.47 Å². The largest absolute Gasteiger partial charge is 0.480 e. The summed E-state index contributed by atoms with van der Waals surface area (Å²) in [5.41, 5.74) is 0. The SMILES string of the molecule is COC1=C(F)C(OC)N=C(C)N1. The zero-order valence-electron chi connectivity index (χ0n) is 7.22. The van der Waals surface area contributed by atoms with Gasteiger partial charge in [-0.1, -0.05) is 0 Å². The van der Waals surface area contributed by atoms with E-state index in [2.05, 4.69) is 10.3 Å². The number of hydrogen-bond acceptors (Lipinski definition) is 4. The lowest BCUT2D eigenvalue weighted by Crippen LogP contribution is -2.31. The van der Waals surface area contributed by atoms with Crippen LogP contribution in [0.1, 0.15) is 6.92 Å². The molecule has 0 aromatic rings. The van der Waals surface area contributed by atoms with Gasteiger partial charge in [-0.05, 0) is 6.92 Å². The van der Waals surface area contributed by atoms with Gasteiger partial charge in [-0.15, -0.1) is 0 Å². The first-order valence-corrected chi connectivity index (χ1v) is 3.47. The smallest absolute Gasteiger partial charge is 0.229 e. The second-order valence-electron chi connectivity index (χ2n) is 2.31. The van der Waals surface area contributed by atoms with Gasteiger partial charge in [0.15, 0.2) is 0 Å². The molecule has 5 heteroatoms. The second kappa shape index (κ2) is 3.53. The Bertz CT molecular complexity index is 238. The van der Waals surface area contributed by atoms with Gasteiger partial charge in [0.25, 0.3) is 0 Å². The highest BCUT2D eigenvalue weighted by Crippen LogP contribution is 2.17. The fourth-order valence-corrected chi connectivity index (χ4v) is 0.906. The molecule has 0 bridgehead atoms. The van der Waals surface area contributed by atoms with Crippen LogP contribution in [0.5, 0.6) is 0 Å². The van der Waals surface area contributed by atoms with Crippen LogP contribution in [-0.4, -0.2) is 26.3 Å². The summed E-state index contributed by atoms with van der Waals surface area (Å²) in [7, 11) is 2.77. The number of nitrogens with one attached hydrogen (secondary N) is 1. The maximum Gasteiger partial charge on any atom is 0.229 e. The minimum Gasteiger partial charge on any atom is -0.480 e. The van der Waals surface area contributed by atoms with Gasteiger partial charge in [-0.25, -0.2) is 9.38 Å². The van der Waals surface area contributed by atoms with Crippen LogP contribution in [0.4, 0.5) is 4.39 Å². The highest BCUT2D eigenvalue weighted by Gasteiger charge is 2.23. The average molecular weight is 174 g/mol. The number of nitrogens with zero attached hydrogens (tertiary/aromatic N) is 1. The molecule has 1 atom stereocenters. The van der Waals surface area contributed by atoms with Crippen LogP contribution in [0, 0.1) is 0 Å². The molecule has 0 aromatic heterocycles. The van der Waals surface area contributed by atoms with Crippen LogP contribution in [-0.2, 0) is 9.47 Å². The summed E-state index contributed by atoms with van der Waals surface area (Å²) in [4.78, 5) is 3.85. The van der Waals surface area contributed by atoms with E-state index in [1.54, 1.807) is 6.92 Å². The Morgan fingerprint density at radius 1 is 1.50 bits per heavy atom. The van der Waals surface area contributed by atoms with Crippen LogP contribution in [0.3, 0.4) is 0 Å². The third-order valence-electron chi connectivity index (χ3n) is 1.47. The molecule has 0 saturated carbocycles. The lowest BCUT2D eigenvalue weighted by Gasteiger charge is -2.19. The molecule has 1 N–H and O–H groups in total. The van der Waals surface area contributed by atoms with Gasteiger partial charge in [0.1, 0.15) is 5.84 Å². The zero-order valence-corrected chi connectivity index (χ0v) is 7.22. The van der Waals surface area contributed by atoms with Gasteiger partial charge in [0.2, 0.25) is 17.9 Å². The normalized spacial score (nSPS) is 23.3. The molecule has 0 saturated heterocycles. The molecule has 0 spiro atoms. The van der Waals surface area contributed by atoms with Gasteiger partial charge >= 0.3 is 0 Å². The highest BCUT2D eigenvalue weighted by atomic mass is 19.1. The molecule has 1 unspecified atom stereocenters. The fourth-order valence-electron chi connectivity index (χ4n) is 0.906. The molecule has 1 aliphatic rings. The highest BCUT2D eigenvalue weighted by molar-refractivity contribution is 5.82. The standard InChI is InChI=1S/C7H11FN2O2/c1-4-9-6(11-2)5(8)7(10-4)12-3/h6H,1-3H3,(H,9,10). The Balaban J connectivity index is 2.86. The number of methoxy groups -OCH3 is 2. The number of ether oxygens (including phenoxy) is 2. The van der Waals surface area contributed by atoms with E-state index in [0.717, 1.165) is 0 Å². The van der Waals surface area contributed by atoms with E-state index >= 15 is 0 Å². The average Bonchev–Trinajstić information content (AvgIpc) is 2.08. The van der Waals surface area contributed by atoms with Crippen molar-refractivity contribution in [2.45, 2.75) is 13.2 Å². The molecule has 12 heavy (non-hydrogen) atoms. The molecule has 1 rings (SSSR count). The summed E-state index contributed by atoms with van der Waals surface area (Å²) < 4.78 is 22.7. The van der Waals surface area contributed by atoms with E-state index in [0.29, 0.717) is 5.84 Å². The lowest BCUT2D eigenvalue weighted by molar-refractivity contribution is 0.103. The zero-order chi connectivity index (χ0) is 9.14. The van der Waals surface area contributed by atoms with Gasteiger partial charge in [0, 0.05) is 7.11 Å². The molecule has 0 fully saturated rings. The van der Waals surface area contributed by atoms with E-state index in [9.17, 15) is 4.39 Å². The summed E-state index contributed by atoms with van der Waals surface area (Å²) in [5, 5.41) is 2.63. The van der Waals surface area contributed by atoms with E-state index < -0.39 is 12.1 Å². The monoisotopic (exact) mass is 174 g/mol. The number of aliphatic imine (C=N–C) groups is 1. The van der Waals surface area contributed by atoms with Gasteiger partial charge in [0.05, 0.1) is 7.11 Å². The van der Waals surface area contributed by atoms with E-state index in [1.807, 2.05) is 0 Å². The maximum absolute atomic E-state index is 13.1. The summed E-state index contributed by atoms with van der Waals surface area (Å²) in [6, 6.07) is 0. The van der Waals surface area contributed by atoms with Crippen LogP contribution >= 0.6 is 0 Å². The molecule has 0 aliphatic carbocycles. The molecule has 0 amide bonds. The molecular formula is C7H11FN2O2. The number of halogens is 1. The minimum atomic E-state index is -0.874. The van der Waals surface area contributed by atoms with Crippen LogP contribution in [0.2, 0.25) is 0 Å². The molecule has 4 nitrogen and oxygen atoms in total. The van der Waals surface area contributed by atoms with Gasteiger partial charge in [-0.3, -0.25) is 0 Å². The predicted octanol–water partition coefficient (Wildman–Crippen LogP) is 0.766. The van der Waals surface area contributed by atoms with Crippen molar-refractivity contribution in [3.8, 4) is 0 Å². The lowest BCUT2D eigenvalue weighted by atomic mass is 10.4. The summed E-state index contributed by atoms with van der Waals surface area (Å²) in [5.74, 6) is 0.0973. The van der Waals surface area contributed by atoms with Crippen molar-refractivity contribution >= 4 is 5.84 Å². The third kappa shape index (κ3) is 1.55. The number of rotatable bonds is 2. The second-order valence-corrected chi connectivity index (χ2v) is 2.31. The first kappa shape index (κ1) is 8.99. The Morgan fingerprint density at radius 2 is 2.17 bits per heavy atom. The number of amidine groups is 1. The van der Waals surface area contributed by atoms with Crippen molar-refractivity contribution < 1.29 is 13.9 Å². The molecule has 1 aliphatic heterocycles. The Kier molecular flexibility index (Phi) is 2.65. The molecule has 0 aromatic carbocycles. The Hall–Kier alpha value is -1.10. The molecular weight excluding hydrogens is 163 g/mol. The summed E-state index contributed by atoms with van der Waals surface area (Å²) in [6.07, 6.45) is -0.874. The molecule has 1 heterocycles.